The number of unbranched alkanes of at least 4 members (excludes halogenated alkanes) is 39. The van der Waals surface area contributed by atoms with Crippen LogP contribution in [0.2, 0.25) is 0 Å². The monoisotopic (exact) mass is 1460 g/mol. The van der Waals surface area contributed by atoms with Crippen molar-refractivity contribution in [1.29, 1.82) is 0 Å². The summed E-state index contributed by atoms with van der Waals surface area (Å²) in [6.07, 6.45) is 56.0. The quantitative estimate of drug-likeness (QED) is 0.0328. The Balaban J connectivity index is 0.731. The summed E-state index contributed by atoms with van der Waals surface area (Å²) in [5, 5.41) is 26.6. The van der Waals surface area contributed by atoms with Crippen LogP contribution in [-0.2, 0) is 0 Å². The number of hydrogen-bond acceptors (Lipinski definition) is 15. The molecule has 0 radical (unpaired) electrons. The minimum absolute atomic E-state index is 0.398. The molecule has 10 rings (SSSR count). The first kappa shape index (κ1) is 81.7. The number of ether oxygens (including phenoxy) is 3. The molecule has 15 heteroatoms. The fraction of sp³-hybridized carbons (Fsp3) is 0.516. The highest BCUT2D eigenvalue weighted by Gasteiger charge is 2.19. The van der Waals surface area contributed by atoms with Crippen LogP contribution in [0.15, 0.2) is 159 Å². The maximum atomic E-state index is 6.26. The summed E-state index contributed by atoms with van der Waals surface area (Å²) in [5.74, 6) is 6.42. The Morgan fingerprint density at radius 2 is 0.333 bits per heavy atom. The Morgan fingerprint density at radius 3 is 0.509 bits per heavy atom. The number of hydrogen-bond donors (Lipinski definition) is 0. The first-order valence-corrected chi connectivity index (χ1v) is 42.3. The molecule has 108 heavy (non-hydrogen) atoms. The molecule has 0 amide bonds. The van der Waals surface area contributed by atoms with Crippen molar-refractivity contribution in [2.24, 2.45) is 0 Å². The summed E-state index contributed by atoms with van der Waals surface area (Å²) in [6.45, 7) is 8.98. The van der Waals surface area contributed by atoms with Gasteiger partial charge in [0.15, 0.2) is 17.5 Å². The molecule has 0 unspecified atom stereocenters. The molecule has 6 aromatic carbocycles. The Bertz CT molecular complexity index is 3580. The van der Waals surface area contributed by atoms with E-state index in [1.807, 2.05) is 146 Å². The highest BCUT2D eigenvalue weighted by molar-refractivity contribution is 5.71. The maximum Gasteiger partial charge on any atom is 0.248 e. The lowest BCUT2D eigenvalue weighted by Gasteiger charge is -2.09. The average molecular weight is 1460 g/mol. The molecule has 0 aliphatic carbocycles. The number of aromatic nitrogens is 9. The summed E-state index contributed by atoms with van der Waals surface area (Å²) in [5.41, 5.74) is 7.04. The lowest BCUT2D eigenvalue weighted by molar-refractivity contribution is 0.304. The van der Waals surface area contributed by atoms with Crippen molar-refractivity contribution >= 4 is 0 Å². The molecule has 15 nitrogen and oxygen atoms in total. The van der Waals surface area contributed by atoms with Crippen molar-refractivity contribution in [3.8, 4) is 120 Å². The van der Waals surface area contributed by atoms with Gasteiger partial charge >= 0.3 is 0 Å². The van der Waals surface area contributed by atoms with E-state index in [-0.39, 0.29) is 0 Å². The second-order valence-corrected chi connectivity index (χ2v) is 29.7. The van der Waals surface area contributed by atoms with Gasteiger partial charge in [0.25, 0.3) is 0 Å². The third kappa shape index (κ3) is 28.6. The predicted molar refractivity (Wildman–Crippen MR) is 440 cm³/mol. The summed E-state index contributed by atoms with van der Waals surface area (Å²) < 4.78 is 37.1. The van der Waals surface area contributed by atoms with Gasteiger partial charge in [-0.25, -0.2) is 15.0 Å². The summed E-state index contributed by atoms with van der Waals surface area (Å²) >= 11 is 0. The standard InChI is InChI=1S/C93H123N9O6/c1-4-7-10-13-16-19-22-25-28-31-34-37-40-43-70-103-82-64-58-79(59-65-82)91-100-97-88(106-91)76-52-46-73(47-53-76)85-94-86(74-48-54-77(55-49-74)89-98-101-92(107-89)80-60-66-83(67-61-80)104-71-44-41-38-35-32-29-26-23-20-17-14-11-8-5-2)96-87(95-85)75-50-56-78(57-51-75)90-99-102-93(108-90)81-62-68-84(69-63-81)105-72-45-42-39-36-33-30-27-24-21-18-15-12-9-6-3/h46-69H,4-45,70-72H2,1-3H3. The first-order chi connectivity index (χ1) is 53.5. The van der Waals surface area contributed by atoms with Gasteiger partial charge in [-0.05, 0) is 128 Å². The van der Waals surface area contributed by atoms with Gasteiger partial charge in [0.2, 0.25) is 35.3 Å². The van der Waals surface area contributed by atoms with E-state index >= 15 is 0 Å². The highest BCUT2D eigenvalue weighted by atomic mass is 16.5. The van der Waals surface area contributed by atoms with E-state index in [1.54, 1.807) is 0 Å². The van der Waals surface area contributed by atoms with Crippen molar-refractivity contribution in [1.82, 2.24) is 45.5 Å². The van der Waals surface area contributed by atoms with Gasteiger partial charge in [0.1, 0.15) is 17.2 Å². The summed E-state index contributed by atoms with van der Waals surface area (Å²) in [7, 11) is 0. The van der Waals surface area contributed by atoms with Crippen LogP contribution < -0.4 is 14.2 Å². The van der Waals surface area contributed by atoms with Crippen molar-refractivity contribution in [3.05, 3.63) is 146 Å². The largest absolute Gasteiger partial charge is 0.494 e. The smallest absolute Gasteiger partial charge is 0.248 e. The highest BCUT2D eigenvalue weighted by Crippen LogP contribution is 2.34. The van der Waals surface area contributed by atoms with Crippen molar-refractivity contribution in [2.75, 3.05) is 19.8 Å². The zero-order chi connectivity index (χ0) is 74.5. The van der Waals surface area contributed by atoms with Crippen LogP contribution >= 0.6 is 0 Å². The summed E-state index contributed by atoms with van der Waals surface area (Å²) in [4.78, 5) is 15.2. The molecule has 0 saturated heterocycles. The normalized spacial score (nSPS) is 11.5. The van der Waals surface area contributed by atoms with E-state index < -0.39 is 0 Å². The predicted octanol–water partition coefficient (Wildman–Crippen LogP) is 27.6. The molecule has 0 atom stereocenters. The lowest BCUT2D eigenvalue weighted by atomic mass is 10.0. The molecular formula is C93H123N9O6. The minimum Gasteiger partial charge on any atom is -0.494 e. The molecule has 0 aliphatic heterocycles. The average Bonchev–Trinajstić information content (AvgIpc) is 1.20. The van der Waals surface area contributed by atoms with Crippen molar-refractivity contribution in [2.45, 2.75) is 290 Å². The second kappa shape index (κ2) is 48.5. The molecule has 0 bridgehead atoms. The third-order valence-electron chi connectivity index (χ3n) is 20.7. The lowest BCUT2D eigenvalue weighted by Crippen LogP contribution is -2.00. The van der Waals surface area contributed by atoms with E-state index in [9.17, 15) is 0 Å². The molecule has 0 spiro atoms. The molecular weight excluding hydrogens is 1340 g/mol. The SMILES string of the molecule is CCCCCCCCCCCCCCCCOc1ccc(-c2nnc(-c3ccc(-c4nc(-c5ccc(-c6nnc(-c7ccc(OCCCCCCCCCCCCCCCC)cc7)o6)cc5)nc(-c5ccc(-c6nnc(-c7ccc(OCCCCCCCCCCCCCCCC)cc7)o6)cc5)n4)cc3)o2)cc1. The molecule has 0 aliphatic rings. The second-order valence-electron chi connectivity index (χ2n) is 29.7. The van der Waals surface area contributed by atoms with Crippen LogP contribution in [0.4, 0.5) is 0 Å². The van der Waals surface area contributed by atoms with Crippen molar-refractivity contribution < 1.29 is 27.5 Å². The Kier molecular flexibility index (Phi) is 36.7. The van der Waals surface area contributed by atoms with Gasteiger partial charge in [-0.1, -0.05) is 308 Å². The van der Waals surface area contributed by atoms with E-state index in [1.165, 1.54) is 250 Å². The van der Waals surface area contributed by atoms with Crippen LogP contribution in [0, 0.1) is 0 Å². The maximum absolute atomic E-state index is 6.26. The topological polar surface area (TPSA) is 183 Å². The fourth-order valence-corrected chi connectivity index (χ4v) is 14.0. The molecule has 576 valence electrons. The third-order valence-corrected chi connectivity index (χ3v) is 20.7. The van der Waals surface area contributed by atoms with Crippen molar-refractivity contribution in [3.63, 3.8) is 0 Å². The van der Waals surface area contributed by atoms with Gasteiger partial charge in [-0.3, -0.25) is 0 Å². The number of nitrogens with zero attached hydrogens (tertiary/aromatic N) is 9. The molecule has 4 aromatic heterocycles. The molecule has 10 aromatic rings. The Hall–Kier alpha value is -8.85. The summed E-state index contributed by atoms with van der Waals surface area (Å²) in [6, 6.07) is 47.1. The number of benzene rings is 6. The molecule has 4 heterocycles. The van der Waals surface area contributed by atoms with Crippen LogP contribution in [-0.4, -0.2) is 65.4 Å². The van der Waals surface area contributed by atoms with Gasteiger partial charge < -0.3 is 27.5 Å². The zero-order valence-corrected chi connectivity index (χ0v) is 65.7. The van der Waals surface area contributed by atoms with Gasteiger partial charge in [0.05, 0.1) is 19.8 Å². The van der Waals surface area contributed by atoms with Gasteiger partial charge in [-0.2, -0.15) is 0 Å². The van der Waals surface area contributed by atoms with E-state index in [4.69, 9.17) is 42.4 Å². The van der Waals surface area contributed by atoms with Crippen LogP contribution in [0.5, 0.6) is 17.2 Å². The van der Waals surface area contributed by atoms with Crippen LogP contribution in [0.1, 0.15) is 290 Å². The van der Waals surface area contributed by atoms with Gasteiger partial charge in [-0.15, -0.1) is 30.6 Å². The van der Waals surface area contributed by atoms with E-state index in [0.717, 1.165) is 86.6 Å². The van der Waals surface area contributed by atoms with E-state index in [0.29, 0.717) is 72.6 Å². The fourth-order valence-electron chi connectivity index (χ4n) is 14.0. The Morgan fingerprint density at radius 1 is 0.185 bits per heavy atom. The van der Waals surface area contributed by atoms with Crippen LogP contribution in [0.3, 0.4) is 0 Å². The number of rotatable bonds is 57. The minimum atomic E-state index is 0.398. The first-order valence-electron chi connectivity index (χ1n) is 42.3. The van der Waals surface area contributed by atoms with Crippen LogP contribution in [0.25, 0.3) is 103 Å². The van der Waals surface area contributed by atoms with Gasteiger partial charge in [0, 0.05) is 50.1 Å². The molecule has 0 saturated carbocycles. The van der Waals surface area contributed by atoms with E-state index in [2.05, 4.69) is 51.4 Å². The Labute approximate surface area is 645 Å². The zero-order valence-electron chi connectivity index (χ0n) is 65.7. The molecule has 0 fully saturated rings. The molecule has 0 N–H and O–H groups in total.